The topological polar surface area (TPSA) is 17.0 Å². The third kappa shape index (κ3) is 2.07. The van der Waals surface area contributed by atoms with E-state index in [-0.39, 0.29) is 5.41 Å². The summed E-state index contributed by atoms with van der Waals surface area (Å²) >= 11 is 0. The van der Waals surface area contributed by atoms with Crippen molar-refractivity contribution in [3.8, 4) is 5.69 Å². The molecule has 0 N–H and O–H groups in total. The van der Waals surface area contributed by atoms with Gasteiger partial charge in [-0.05, 0) is 27.7 Å². The summed E-state index contributed by atoms with van der Waals surface area (Å²) in [7, 11) is 0. The molecular weight excluding hydrogens is 222 g/mol. The molecule has 0 saturated carbocycles. The van der Waals surface area contributed by atoms with Crippen LogP contribution in [0.4, 0.5) is 0 Å². The zero-order chi connectivity index (χ0) is 13.5. The molecule has 96 valence electrons. The first-order chi connectivity index (χ1) is 8.32. The first-order valence-electron chi connectivity index (χ1n) is 6.41. The lowest BCUT2D eigenvalue weighted by molar-refractivity contribution is -0.619. The first-order valence-corrected chi connectivity index (χ1v) is 6.41. The Morgan fingerprint density at radius 1 is 1.00 bits per heavy atom. The molecule has 2 rings (SSSR count). The molecule has 0 radical (unpaired) electrons. The average Bonchev–Trinajstić information content (AvgIpc) is 2.57. The second-order valence-electron chi connectivity index (χ2n) is 5.92. The van der Waals surface area contributed by atoms with Gasteiger partial charge in [0.25, 0.3) is 0 Å². The van der Waals surface area contributed by atoms with Crippen molar-refractivity contribution in [3.63, 3.8) is 0 Å². The summed E-state index contributed by atoms with van der Waals surface area (Å²) in [6.45, 7) is 12.8. The van der Waals surface area contributed by atoms with Crippen LogP contribution in [0.2, 0.25) is 0 Å². The minimum Gasteiger partial charge on any atom is -0.406 e. The van der Waals surface area contributed by atoms with Crippen LogP contribution < -0.4 is 4.57 Å². The van der Waals surface area contributed by atoms with E-state index < -0.39 is 0 Å². The third-order valence-electron chi connectivity index (χ3n) is 3.30. The van der Waals surface area contributed by atoms with Gasteiger partial charge in [-0.3, -0.25) is 0 Å². The van der Waals surface area contributed by atoms with Crippen molar-refractivity contribution in [2.45, 2.75) is 47.0 Å². The molecule has 1 heterocycles. The van der Waals surface area contributed by atoms with Crippen LogP contribution in [-0.2, 0) is 5.41 Å². The van der Waals surface area contributed by atoms with Crippen molar-refractivity contribution in [1.29, 1.82) is 0 Å². The lowest BCUT2D eigenvalue weighted by Crippen LogP contribution is -2.41. The van der Waals surface area contributed by atoms with Crippen molar-refractivity contribution in [2.24, 2.45) is 0 Å². The number of hydrogen-bond acceptors (Lipinski definition) is 1. The molecule has 2 aromatic rings. The SMILES string of the molecule is Cc1ccccc1-[n+]1c(C(C)(C)C)oc(C)c1C. The molecule has 0 unspecified atom stereocenters. The van der Waals surface area contributed by atoms with E-state index in [9.17, 15) is 0 Å². The molecule has 0 aliphatic carbocycles. The van der Waals surface area contributed by atoms with Gasteiger partial charge in [-0.2, -0.15) is 0 Å². The maximum absolute atomic E-state index is 5.98. The molecule has 0 amide bonds. The monoisotopic (exact) mass is 244 g/mol. The Morgan fingerprint density at radius 2 is 1.61 bits per heavy atom. The molecule has 0 saturated heterocycles. The normalized spacial score (nSPS) is 11.9. The summed E-state index contributed by atoms with van der Waals surface area (Å²) in [6, 6.07) is 8.42. The van der Waals surface area contributed by atoms with Gasteiger partial charge >= 0.3 is 5.89 Å². The molecule has 0 atom stereocenters. The van der Waals surface area contributed by atoms with E-state index in [1.165, 1.54) is 16.9 Å². The van der Waals surface area contributed by atoms with Gasteiger partial charge in [0.15, 0.2) is 5.76 Å². The summed E-state index contributed by atoms with van der Waals surface area (Å²) in [5, 5.41) is 0. The maximum atomic E-state index is 5.98. The lowest BCUT2D eigenvalue weighted by atomic mass is 9.96. The maximum Gasteiger partial charge on any atom is 0.358 e. The Balaban J connectivity index is 2.75. The number of para-hydroxylation sites is 1. The summed E-state index contributed by atoms with van der Waals surface area (Å²) in [5.74, 6) is 2.00. The van der Waals surface area contributed by atoms with E-state index in [0.29, 0.717) is 0 Å². The fourth-order valence-electron chi connectivity index (χ4n) is 2.17. The first kappa shape index (κ1) is 12.9. The van der Waals surface area contributed by atoms with Gasteiger partial charge in [0, 0.05) is 25.5 Å². The van der Waals surface area contributed by atoms with Crippen molar-refractivity contribution >= 4 is 0 Å². The Kier molecular flexibility index (Phi) is 3.05. The Hall–Kier alpha value is -1.57. The van der Waals surface area contributed by atoms with Gasteiger partial charge in [-0.15, -0.1) is 4.57 Å². The number of benzene rings is 1. The summed E-state index contributed by atoms with van der Waals surface area (Å²) in [4.78, 5) is 0. The highest BCUT2D eigenvalue weighted by Gasteiger charge is 2.35. The third-order valence-corrected chi connectivity index (χ3v) is 3.30. The number of aromatic nitrogens is 1. The van der Waals surface area contributed by atoms with Crippen LogP contribution in [-0.4, -0.2) is 0 Å². The van der Waals surface area contributed by atoms with Gasteiger partial charge in [-0.1, -0.05) is 18.2 Å². The number of oxazole rings is 1. The van der Waals surface area contributed by atoms with E-state index in [1.54, 1.807) is 0 Å². The van der Waals surface area contributed by atoms with E-state index in [0.717, 1.165) is 11.7 Å². The lowest BCUT2D eigenvalue weighted by Gasteiger charge is -2.11. The van der Waals surface area contributed by atoms with Gasteiger partial charge < -0.3 is 4.42 Å². The molecule has 0 aliphatic heterocycles. The Bertz CT molecular complexity index is 573. The molecule has 0 aliphatic rings. The van der Waals surface area contributed by atoms with Crippen molar-refractivity contribution in [1.82, 2.24) is 0 Å². The van der Waals surface area contributed by atoms with Gasteiger partial charge in [0.2, 0.25) is 11.4 Å². The second-order valence-corrected chi connectivity index (χ2v) is 5.92. The highest BCUT2D eigenvalue weighted by Crippen LogP contribution is 2.24. The van der Waals surface area contributed by atoms with Crippen LogP contribution in [0.15, 0.2) is 28.7 Å². The van der Waals surface area contributed by atoms with Gasteiger partial charge in [-0.25, -0.2) is 0 Å². The molecule has 1 aromatic heterocycles. The largest absolute Gasteiger partial charge is 0.406 e. The number of nitrogens with zero attached hydrogens (tertiary/aromatic N) is 1. The van der Waals surface area contributed by atoms with Crippen LogP contribution in [0.25, 0.3) is 5.69 Å². The minimum absolute atomic E-state index is 0.0126. The standard InChI is InChI=1S/C16H22NO/c1-11-9-7-8-10-14(11)17-12(2)13(3)18-15(17)16(4,5)6/h7-10H,1-6H3/q+1. The highest BCUT2D eigenvalue weighted by molar-refractivity contribution is 5.33. The van der Waals surface area contributed by atoms with Crippen molar-refractivity contribution in [2.75, 3.05) is 0 Å². The molecule has 0 bridgehead atoms. The van der Waals surface area contributed by atoms with E-state index >= 15 is 0 Å². The Labute approximate surface area is 109 Å². The number of aryl methyl sites for hydroxylation is 2. The smallest absolute Gasteiger partial charge is 0.358 e. The van der Waals surface area contributed by atoms with Crippen LogP contribution >= 0.6 is 0 Å². The van der Waals surface area contributed by atoms with E-state index in [2.05, 4.69) is 63.5 Å². The van der Waals surface area contributed by atoms with Crippen molar-refractivity contribution < 1.29 is 8.98 Å². The summed E-state index contributed by atoms with van der Waals surface area (Å²) < 4.78 is 8.22. The van der Waals surface area contributed by atoms with Crippen molar-refractivity contribution in [3.05, 3.63) is 47.2 Å². The van der Waals surface area contributed by atoms with Crippen LogP contribution in [0.5, 0.6) is 0 Å². The zero-order valence-electron chi connectivity index (χ0n) is 12.2. The van der Waals surface area contributed by atoms with Crippen LogP contribution in [0.1, 0.15) is 43.7 Å². The van der Waals surface area contributed by atoms with Gasteiger partial charge in [0.05, 0.1) is 5.41 Å². The summed E-state index contributed by atoms with van der Waals surface area (Å²) in [5.41, 5.74) is 3.63. The number of rotatable bonds is 1. The molecule has 1 aromatic carbocycles. The second kappa shape index (κ2) is 4.27. The average molecular weight is 244 g/mol. The van der Waals surface area contributed by atoms with Crippen LogP contribution in [0, 0.1) is 20.8 Å². The number of hydrogen-bond donors (Lipinski definition) is 0. The predicted octanol–water partition coefficient (Wildman–Crippen LogP) is 3.78. The van der Waals surface area contributed by atoms with Gasteiger partial charge in [0.1, 0.15) is 0 Å². The van der Waals surface area contributed by atoms with E-state index in [4.69, 9.17) is 4.42 Å². The molecular formula is C16H22NO+. The quantitative estimate of drug-likeness (QED) is 0.698. The summed E-state index contributed by atoms with van der Waals surface area (Å²) in [6.07, 6.45) is 0. The fourth-order valence-corrected chi connectivity index (χ4v) is 2.17. The Morgan fingerprint density at radius 3 is 2.17 bits per heavy atom. The predicted molar refractivity (Wildman–Crippen MR) is 73.2 cm³/mol. The van der Waals surface area contributed by atoms with Crippen LogP contribution in [0.3, 0.4) is 0 Å². The molecule has 0 spiro atoms. The molecule has 18 heavy (non-hydrogen) atoms. The zero-order valence-corrected chi connectivity index (χ0v) is 12.2. The molecule has 0 fully saturated rings. The minimum atomic E-state index is -0.0126. The molecule has 2 heteroatoms. The van der Waals surface area contributed by atoms with E-state index in [1.807, 2.05) is 6.92 Å². The molecule has 2 nitrogen and oxygen atoms in total. The fraction of sp³-hybridized carbons (Fsp3) is 0.438. The highest BCUT2D eigenvalue weighted by atomic mass is 16.4.